The number of thiophene rings is 1. The van der Waals surface area contributed by atoms with Crippen LogP contribution in [0.5, 0.6) is 0 Å². The molecule has 5 nitrogen and oxygen atoms in total. The lowest BCUT2D eigenvalue weighted by Crippen LogP contribution is -2.31. The predicted octanol–water partition coefficient (Wildman–Crippen LogP) is 1.77. The zero-order valence-corrected chi connectivity index (χ0v) is 12.2. The Balaban J connectivity index is 1.82. The lowest BCUT2D eigenvalue weighted by Gasteiger charge is -2.14. The first kappa shape index (κ1) is 14.5. The van der Waals surface area contributed by atoms with Crippen molar-refractivity contribution in [2.75, 3.05) is 20.2 Å². The van der Waals surface area contributed by atoms with E-state index >= 15 is 0 Å². The summed E-state index contributed by atoms with van der Waals surface area (Å²) in [5.74, 6) is -0.732. The molecule has 0 saturated heterocycles. The molecule has 0 aromatic carbocycles. The van der Waals surface area contributed by atoms with Crippen LogP contribution in [0, 0.1) is 11.3 Å². The van der Waals surface area contributed by atoms with Crippen molar-refractivity contribution in [3.05, 3.63) is 21.4 Å². The summed E-state index contributed by atoms with van der Waals surface area (Å²) in [6.07, 6.45) is 3.48. The van der Waals surface area contributed by atoms with Crippen LogP contribution in [-0.4, -0.2) is 37.0 Å². The molecule has 1 aliphatic carbocycles. The van der Waals surface area contributed by atoms with Gasteiger partial charge in [-0.3, -0.25) is 4.79 Å². The fourth-order valence-corrected chi connectivity index (χ4v) is 3.23. The highest BCUT2D eigenvalue weighted by Gasteiger charge is 2.20. The maximum absolute atomic E-state index is 11.9. The topological polar surface area (TPSA) is 70.4 Å². The van der Waals surface area contributed by atoms with Crippen LogP contribution in [0.4, 0.5) is 0 Å². The van der Waals surface area contributed by atoms with Gasteiger partial charge >= 0.3 is 5.97 Å². The number of ether oxygens (including phenoxy) is 1. The second-order valence-corrected chi connectivity index (χ2v) is 5.85. The van der Waals surface area contributed by atoms with Crippen molar-refractivity contribution in [2.24, 2.45) is 0 Å². The monoisotopic (exact) mass is 292 g/mol. The van der Waals surface area contributed by atoms with E-state index in [-0.39, 0.29) is 18.9 Å². The van der Waals surface area contributed by atoms with Crippen LogP contribution in [0.1, 0.15) is 33.0 Å². The standard InChI is InChI=1S/C14H16N2O3S/c1-16(7-3-6-15)13(17)9-19-14(18)12-8-10-4-2-5-11(10)20-12/h8H,2-5,7,9H2,1H3. The molecule has 20 heavy (non-hydrogen) atoms. The van der Waals surface area contributed by atoms with E-state index in [9.17, 15) is 9.59 Å². The van der Waals surface area contributed by atoms with Gasteiger partial charge < -0.3 is 9.64 Å². The van der Waals surface area contributed by atoms with Gasteiger partial charge in [0, 0.05) is 18.5 Å². The van der Waals surface area contributed by atoms with Crippen molar-refractivity contribution >= 4 is 23.2 Å². The number of hydrogen-bond acceptors (Lipinski definition) is 5. The summed E-state index contributed by atoms with van der Waals surface area (Å²) in [6, 6.07) is 3.84. The van der Waals surface area contributed by atoms with Gasteiger partial charge in [0.15, 0.2) is 6.61 Å². The van der Waals surface area contributed by atoms with Crippen LogP contribution >= 0.6 is 11.3 Å². The SMILES string of the molecule is CN(CCC#N)C(=O)COC(=O)c1cc2c(s1)CCC2. The number of nitrogens with zero attached hydrogens (tertiary/aromatic N) is 2. The number of hydrogen-bond donors (Lipinski definition) is 0. The fourth-order valence-electron chi connectivity index (χ4n) is 2.08. The van der Waals surface area contributed by atoms with Gasteiger partial charge in [-0.15, -0.1) is 11.3 Å². The second-order valence-electron chi connectivity index (χ2n) is 4.71. The van der Waals surface area contributed by atoms with Gasteiger partial charge in [0.25, 0.3) is 5.91 Å². The molecule has 1 aliphatic rings. The highest BCUT2D eigenvalue weighted by Crippen LogP contribution is 2.30. The van der Waals surface area contributed by atoms with Gasteiger partial charge in [0.1, 0.15) is 4.88 Å². The molecule has 1 heterocycles. The van der Waals surface area contributed by atoms with Crippen molar-refractivity contribution in [3.63, 3.8) is 0 Å². The molecule has 0 radical (unpaired) electrons. The van der Waals surface area contributed by atoms with Gasteiger partial charge in [0.05, 0.1) is 12.5 Å². The molecule has 0 atom stereocenters. The molecule has 2 rings (SSSR count). The Bertz CT molecular complexity index is 538. The second kappa shape index (κ2) is 6.53. The molecule has 0 fully saturated rings. The minimum atomic E-state index is -0.438. The minimum absolute atomic E-state index is 0.272. The van der Waals surface area contributed by atoms with E-state index in [0.29, 0.717) is 11.4 Å². The van der Waals surface area contributed by atoms with E-state index < -0.39 is 5.97 Å². The maximum Gasteiger partial charge on any atom is 0.348 e. The van der Waals surface area contributed by atoms with Gasteiger partial charge in [-0.2, -0.15) is 5.26 Å². The number of nitriles is 1. The van der Waals surface area contributed by atoms with Crippen molar-refractivity contribution in [3.8, 4) is 6.07 Å². The van der Waals surface area contributed by atoms with Gasteiger partial charge in [-0.25, -0.2) is 4.79 Å². The summed E-state index contributed by atoms with van der Waals surface area (Å²) >= 11 is 1.46. The third kappa shape index (κ3) is 3.36. The largest absolute Gasteiger partial charge is 0.451 e. The number of amides is 1. The van der Waals surface area contributed by atoms with Gasteiger partial charge in [-0.05, 0) is 30.9 Å². The Kier molecular flexibility index (Phi) is 4.74. The minimum Gasteiger partial charge on any atom is -0.451 e. The molecule has 0 aliphatic heterocycles. The molecule has 6 heteroatoms. The summed E-state index contributed by atoms with van der Waals surface area (Å²) < 4.78 is 5.03. The van der Waals surface area contributed by atoms with Crippen LogP contribution in [0.15, 0.2) is 6.07 Å². The van der Waals surface area contributed by atoms with Crippen LogP contribution in [0.3, 0.4) is 0 Å². The molecule has 106 valence electrons. The number of likely N-dealkylation sites (N-methyl/N-ethyl adjacent to an activating group) is 1. The third-order valence-electron chi connectivity index (χ3n) is 3.26. The zero-order chi connectivity index (χ0) is 14.5. The van der Waals surface area contributed by atoms with E-state index in [2.05, 4.69) is 0 Å². The average molecular weight is 292 g/mol. The number of fused-ring (bicyclic) bond motifs is 1. The molecule has 0 spiro atoms. The van der Waals surface area contributed by atoms with Crippen LogP contribution in [0.2, 0.25) is 0 Å². The number of rotatable bonds is 5. The van der Waals surface area contributed by atoms with Crippen molar-refractivity contribution in [2.45, 2.75) is 25.7 Å². The maximum atomic E-state index is 11.9. The summed E-state index contributed by atoms with van der Waals surface area (Å²) in [4.78, 5) is 26.7. The van der Waals surface area contributed by atoms with E-state index in [4.69, 9.17) is 10.00 Å². The zero-order valence-electron chi connectivity index (χ0n) is 11.3. The predicted molar refractivity (Wildman–Crippen MR) is 74.5 cm³/mol. The van der Waals surface area contributed by atoms with E-state index in [0.717, 1.165) is 19.3 Å². The molecule has 1 aromatic heterocycles. The van der Waals surface area contributed by atoms with Gasteiger partial charge in [-0.1, -0.05) is 0 Å². The lowest BCUT2D eigenvalue weighted by atomic mass is 10.2. The van der Waals surface area contributed by atoms with E-state index in [1.54, 1.807) is 7.05 Å². The summed E-state index contributed by atoms with van der Waals surface area (Å²) in [7, 11) is 1.59. The number of carbonyl (C=O) groups is 2. The number of aryl methyl sites for hydroxylation is 2. The van der Waals surface area contributed by atoms with E-state index in [1.807, 2.05) is 12.1 Å². The average Bonchev–Trinajstić information content (AvgIpc) is 3.02. The molecule has 0 unspecified atom stereocenters. The first-order valence-corrected chi connectivity index (χ1v) is 7.33. The Morgan fingerprint density at radius 1 is 1.50 bits per heavy atom. The number of esters is 1. The summed E-state index contributed by atoms with van der Waals surface area (Å²) in [5.41, 5.74) is 1.24. The quantitative estimate of drug-likeness (QED) is 0.775. The van der Waals surface area contributed by atoms with Crippen molar-refractivity contribution in [1.29, 1.82) is 5.26 Å². The highest BCUT2D eigenvalue weighted by atomic mass is 32.1. The molecule has 0 saturated carbocycles. The Labute approximate surface area is 121 Å². The molecule has 1 amide bonds. The first-order valence-electron chi connectivity index (χ1n) is 6.51. The lowest BCUT2D eigenvalue weighted by molar-refractivity contribution is -0.133. The normalized spacial score (nSPS) is 12.6. The van der Waals surface area contributed by atoms with Crippen molar-refractivity contribution < 1.29 is 14.3 Å². The molecular weight excluding hydrogens is 276 g/mol. The third-order valence-corrected chi connectivity index (χ3v) is 4.48. The molecule has 0 N–H and O–H groups in total. The van der Waals surface area contributed by atoms with Crippen LogP contribution in [0.25, 0.3) is 0 Å². The van der Waals surface area contributed by atoms with Gasteiger partial charge in [0.2, 0.25) is 0 Å². The first-order chi connectivity index (χ1) is 9.61. The molecule has 0 bridgehead atoms. The summed E-state index contributed by atoms with van der Waals surface area (Å²) in [6.45, 7) is 0.0729. The fraction of sp³-hybridized carbons (Fsp3) is 0.500. The number of carbonyl (C=O) groups excluding carboxylic acids is 2. The van der Waals surface area contributed by atoms with Crippen LogP contribution in [-0.2, 0) is 22.4 Å². The Morgan fingerprint density at radius 3 is 3.00 bits per heavy atom. The molecular formula is C14H16N2O3S. The smallest absolute Gasteiger partial charge is 0.348 e. The summed E-state index contributed by atoms with van der Waals surface area (Å²) in [5, 5.41) is 8.45. The Morgan fingerprint density at radius 2 is 2.30 bits per heavy atom. The highest BCUT2D eigenvalue weighted by molar-refractivity contribution is 7.14. The molecule has 1 aromatic rings. The van der Waals surface area contributed by atoms with Crippen LogP contribution < -0.4 is 0 Å². The Hall–Kier alpha value is -1.87. The van der Waals surface area contributed by atoms with Crippen molar-refractivity contribution in [1.82, 2.24) is 4.90 Å². The van der Waals surface area contributed by atoms with E-state index in [1.165, 1.54) is 26.7 Å².